The van der Waals surface area contributed by atoms with Crippen LogP contribution in [-0.4, -0.2) is 42.8 Å². The average Bonchev–Trinajstić information content (AvgIpc) is 2.73. The number of piperidine rings is 1. The molecule has 2 N–H and O–H groups in total. The molecule has 0 radical (unpaired) electrons. The Hall–Kier alpha value is -3.29. The summed E-state index contributed by atoms with van der Waals surface area (Å²) in [6.07, 6.45) is 0.971. The molecule has 2 aromatic rings. The Kier molecular flexibility index (Phi) is 6.21. The number of likely N-dealkylation sites (tertiary alicyclic amines) is 1. The first-order valence-corrected chi connectivity index (χ1v) is 9.18. The topological polar surface area (TPSA) is 82.5 Å². The molecule has 152 valence electrons. The van der Waals surface area contributed by atoms with Crippen LogP contribution in [0.4, 0.5) is 19.3 Å². The van der Waals surface area contributed by atoms with Crippen molar-refractivity contribution in [3.8, 4) is 0 Å². The molecule has 1 saturated heterocycles. The number of anilines is 1. The molecule has 0 saturated carbocycles. The van der Waals surface area contributed by atoms with Crippen molar-refractivity contribution in [2.75, 3.05) is 25.5 Å². The molecule has 2 aromatic carbocycles. The summed E-state index contributed by atoms with van der Waals surface area (Å²) in [7, 11) is 1.34. The molecule has 0 aliphatic carbocycles. The van der Waals surface area contributed by atoms with Crippen LogP contribution >= 0.6 is 0 Å². The number of carbonyl (C=O) groups excluding carboxylic acids is 2. The van der Waals surface area contributed by atoms with Crippen molar-refractivity contribution >= 4 is 23.4 Å². The van der Waals surface area contributed by atoms with E-state index in [0.29, 0.717) is 42.9 Å². The molecular formula is C21H21F2N3O3. The third kappa shape index (κ3) is 4.59. The fourth-order valence-corrected chi connectivity index (χ4v) is 3.36. The molecule has 0 bridgehead atoms. The van der Waals surface area contributed by atoms with E-state index in [1.54, 1.807) is 29.2 Å². The molecule has 2 amide bonds. The number of methoxy groups -OCH3 is 1. The maximum absolute atomic E-state index is 13.7. The maximum atomic E-state index is 13.7. The van der Waals surface area contributed by atoms with Crippen LogP contribution in [0.25, 0.3) is 0 Å². The summed E-state index contributed by atoms with van der Waals surface area (Å²) in [5, 5.41) is 10.9. The Labute approximate surface area is 167 Å². The van der Waals surface area contributed by atoms with Gasteiger partial charge >= 0.3 is 6.09 Å². The van der Waals surface area contributed by atoms with E-state index >= 15 is 0 Å². The highest BCUT2D eigenvalue weighted by atomic mass is 19.1. The number of nitrogens with one attached hydrogen (secondary N) is 2. The van der Waals surface area contributed by atoms with Gasteiger partial charge in [-0.05, 0) is 42.7 Å². The van der Waals surface area contributed by atoms with Crippen molar-refractivity contribution in [1.29, 1.82) is 5.41 Å². The second-order valence-corrected chi connectivity index (χ2v) is 6.77. The summed E-state index contributed by atoms with van der Waals surface area (Å²) >= 11 is 0. The minimum atomic E-state index is -0.931. The van der Waals surface area contributed by atoms with E-state index in [9.17, 15) is 18.4 Å². The van der Waals surface area contributed by atoms with Crippen molar-refractivity contribution in [3.63, 3.8) is 0 Å². The van der Waals surface area contributed by atoms with Crippen LogP contribution in [0, 0.1) is 23.0 Å². The first-order valence-electron chi connectivity index (χ1n) is 9.18. The van der Waals surface area contributed by atoms with Crippen LogP contribution in [0.15, 0.2) is 42.5 Å². The highest BCUT2D eigenvalue weighted by Gasteiger charge is 2.26. The summed E-state index contributed by atoms with van der Waals surface area (Å²) in [6, 6.07) is 9.78. The van der Waals surface area contributed by atoms with Gasteiger partial charge in [0.1, 0.15) is 17.2 Å². The number of nitrogens with zero attached hydrogens (tertiary/aromatic N) is 1. The average molecular weight is 401 g/mol. The van der Waals surface area contributed by atoms with Crippen molar-refractivity contribution in [2.24, 2.45) is 5.92 Å². The molecule has 6 nitrogen and oxygen atoms in total. The Morgan fingerprint density at radius 1 is 1.07 bits per heavy atom. The van der Waals surface area contributed by atoms with Crippen molar-refractivity contribution in [1.82, 2.24) is 4.90 Å². The quantitative estimate of drug-likeness (QED) is 0.758. The van der Waals surface area contributed by atoms with Gasteiger partial charge in [-0.1, -0.05) is 18.2 Å². The van der Waals surface area contributed by atoms with Crippen LogP contribution in [0.5, 0.6) is 0 Å². The molecule has 29 heavy (non-hydrogen) atoms. The SMILES string of the molecule is COC(=O)N1CCC(C(=N)c2ccc(NC(=O)c3c(F)cccc3F)cc2)CC1. The van der Waals surface area contributed by atoms with E-state index in [1.165, 1.54) is 13.2 Å². The second kappa shape index (κ2) is 8.81. The van der Waals surface area contributed by atoms with Gasteiger partial charge in [-0.2, -0.15) is 0 Å². The molecule has 1 aliphatic heterocycles. The number of amides is 2. The van der Waals surface area contributed by atoms with Gasteiger partial charge in [-0.25, -0.2) is 13.6 Å². The normalized spacial score (nSPS) is 14.4. The lowest BCUT2D eigenvalue weighted by molar-refractivity contribution is 0.101. The van der Waals surface area contributed by atoms with Crippen molar-refractivity contribution in [3.05, 3.63) is 65.2 Å². The van der Waals surface area contributed by atoms with E-state index in [4.69, 9.17) is 10.1 Å². The number of carbonyl (C=O) groups is 2. The van der Waals surface area contributed by atoms with Gasteiger partial charge < -0.3 is 20.4 Å². The van der Waals surface area contributed by atoms with E-state index in [0.717, 1.165) is 12.1 Å². The molecule has 1 fully saturated rings. The third-order valence-corrected chi connectivity index (χ3v) is 4.98. The number of benzene rings is 2. The summed E-state index contributed by atoms with van der Waals surface area (Å²) < 4.78 is 32.2. The van der Waals surface area contributed by atoms with E-state index < -0.39 is 23.1 Å². The molecule has 8 heteroatoms. The number of hydrogen-bond donors (Lipinski definition) is 2. The highest BCUT2D eigenvalue weighted by Crippen LogP contribution is 2.23. The predicted octanol–water partition coefficient (Wildman–Crippen LogP) is 4.06. The van der Waals surface area contributed by atoms with Crippen LogP contribution < -0.4 is 5.32 Å². The largest absolute Gasteiger partial charge is 0.453 e. The molecular weight excluding hydrogens is 380 g/mol. The zero-order chi connectivity index (χ0) is 21.0. The number of hydrogen-bond acceptors (Lipinski definition) is 4. The summed E-state index contributed by atoms with van der Waals surface area (Å²) in [5.41, 5.74) is 0.875. The molecule has 0 atom stereocenters. The number of rotatable bonds is 4. The molecule has 0 spiro atoms. The first-order chi connectivity index (χ1) is 13.9. The Bertz CT molecular complexity index is 903. The van der Waals surface area contributed by atoms with Crippen LogP contribution in [0.2, 0.25) is 0 Å². The zero-order valence-electron chi connectivity index (χ0n) is 15.9. The van der Waals surface area contributed by atoms with Gasteiger partial charge in [-0.3, -0.25) is 4.79 Å². The second-order valence-electron chi connectivity index (χ2n) is 6.77. The van der Waals surface area contributed by atoms with Gasteiger partial charge in [-0.15, -0.1) is 0 Å². The van der Waals surface area contributed by atoms with E-state index in [1.807, 2.05) is 0 Å². The fourth-order valence-electron chi connectivity index (χ4n) is 3.36. The number of ether oxygens (including phenoxy) is 1. The Morgan fingerprint density at radius 2 is 1.66 bits per heavy atom. The molecule has 0 aromatic heterocycles. The van der Waals surface area contributed by atoms with E-state index in [2.05, 4.69) is 5.32 Å². The van der Waals surface area contributed by atoms with Crippen molar-refractivity contribution < 1.29 is 23.1 Å². The monoisotopic (exact) mass is 401 g/mol. The molecule has 1 heterocycles. The molecule has 1 aliphatic rings. The first kappa shape index (κ1) is 20.4. The maximum Gasteiger partial charge on any atom is 0.409 e. The van der Waals surface area contributed by atoms with Gasteiger partial charge in [0.05, 0.1) is 7.11 Å². The smallest absolute Gasteiger partial charge is 0.409 e. The van der Waals surface area contributed by atoms with Gasteiger partial charge in [0.2, 0.25) is 0 Å². The van der Waals surface area contributed by atoms with Gasteiger partial charge in [0.25, 0.3) is 5.91 Å². The minimum Gasteiger partial charge on any atom is -0.453 e. The Morgan fingerprint density at radius 3 is 2.21 bits per heavy atom. The summed E-state index contributed by atoms with van der Waals surface area (Å²) in [5.74, 6) is -2.72. The lowest BCUT2D eigenvalue weighted by Crippen LogP contribution is -2.40. The minimum absolute atomic E-state index is 0.0175. The summed E-state index contributed by atoms with van der Waals surface area (Å²) in [6.45, 7) is 1.06. The van der Waals surface area contributed by atoms with Crippen LogP contribution in [0.1, 0.15) is 28.8 Å². The van der Waals surface area contributed by atoms with E-state index in [-0.39, 0.29) is 12.0 Å². The highest BCUT2D eigenvalue weighted by molar-refractivity contribution is 6.05. The molecule has 3 rings (SSSR count). The molecule has 0 unspecified atom stereocenters. The number of halogens is 2. The third-order valence-electron chi connectivity index (χ3n) is 4.98. The Balaban J connectivity index is 1.62. The van der Waals surface area contributed by atoms with Crippen LogP contribution in [0.3, 0.4) is 0 Å². The van der Waals surface area contributed by atoms with Gasteiger partial charge in [0, 0.05) is 30.4 Å². The lowest BCUT2D eigenvalue weighted by Gasteiger charge is -2.31. The fraction of sp³-hybridized carbons (Fsp3) is 0.286. The predicted molar refractivity (Wildman–Crippen MR) is 104 cm³/mol. The van der Waals surface area contributed by atoms with Crippen molar-refractivity contribution in [2.45, 2.75) is 12.8 Å². The standard InChI is InChI=1S/C21H21F2N3O3/c1-29-21(28)26-11-9-14(10-12-26)19(24)13-5-7-15(8-6-13)25-20(27)18-16(22)3-2-4-17(18)23/h2-8,14,24H,9-12H2,1H3,(H,25,27). The van der Waals surface area contributed by atoms with Gasteiger partial charge in [0.15, 0.2) is 0 Å². The van der Waals surface area contributed by atoms with Crippen LogP contribution in [-0.2, 0) is 4.74 Å². The zero-order valence-corrected chi connectivity index (χ0v) is 15.9. The summed E-state index contributed by atoms with van der Waals surface area (Å²) in [4.78, 5) is 25.3. The lowest BCUT2D eigenvalue weighted by atomic mass is 9.88.